The van der Waals surface area contributed by atoms with E-state index >= 15 is 0 Å². The molecule has 104 valence electrons. The van der Waals surface area contributed by atoms with E-state index in [1.807, 2.05) is 14.1 Å². The van der Waals surface area contributed by atoms with Gasteiger partial charge >= 0.3 is 5.69 Å². The van der Waals surface area contributed by atoms with Crippen LogP contribution in [-0.4, -0.2) is 51.7 Å². The third kappa shape index (κ3) is 3.28. The van der Waals surface area contributed by atoms with Crippen molar-refractivity contribution >= 4 is 11.6 Å². The first-order valence-electron chi connectivity index (χ1n) is 6.08. The molecule has 0 bridgehead atoms. The molecule has 2 rings (SSSR count). The summed E-state index contributed by atoms with van der Waals surface area (Å²) in [6.07, 6.45) is 4.28. The smallest absolute Gasteiger partial charge is 0.307 e. The Hall–Kier alpha value is -1.96. The highest BCUT2D eigenvalue weighted by atomic mass is 16.6. The minimum Gasteiger partial charge on any atom is -0.352 e. The van der Waals surface area contributed by atoms with E-state index in [9.17, 15) is 14.9 Å². The molecule has 0 saturated heterocycles. The summed E-state index contributed by atoms with van der Waals surface area (Å²) in [6, 6.07) is 0.724. The SMILES string of the molecule is CN(C)C1CC(NC(=O)Cn2cc([N+](=O)[O-])cn2)C1. The molecule has 1 aliphatic carbocycles. The van der Waals surface area contributed by atoms with Crippen molar-refractivity contribution in [3.05, 3.63) is 22.5 Å². The Balaban J connectivity index is 1.77. The largest absolute Gasteiger partial charge is 0.352 e. The fourth-order valence-electron chi connectivity index (χ4n) is 2.08. The molecule has 0 unspecified atom stereocenters. The molecule has 1 aromatic rings. The summed E-state index contributed by atoms with van der Waals surface area (Å²) in [5, 5.41) is 17.1. The van der Waals surface area contributed by atoms with Gasteiger partial charge in [0.15, 0.2) is 0 Å². The Morgan fingerprint density at radius 1 is 1.63 bits per heavy atom. The molecule has 0 aromatic carbocycles. The van der Waals surface area contributed by atoms with Crippen LogP contribution in [0.5, 0.6) is 0 Å². The van der Waals surface area contributed by atoms with Crippen molar-refractivity contribution in [3.63, 3.8) is 0 Å². The highest BCUT2D eigenvalue weighted by Gasteiger charge is 2.31. The molecule has 0 spiro atoms. The van der Waals surface area contributed by atoms with Crippen LogP contribution in [0.3, 0.4) is 0 Å². The molecular formula is C11H17N5O3. The topological polar surface area (TPSA) is 93.3 Å². The third-order valence-corrected chi connectivity index (χ3v) is 3.34. The van der Waals surface area contributed by atoms with Crippen LogP contribution in [0.2, 0.25) is 0 Å². The first kappa shape index (κ1) is 13.5. The van der Waals surface area contributed by atoms with Crippen LogP contribution in [0, 0.1) is 10.1 Å². The van der Waals surface area contributed by atoms with Crippen molar-refractivity contribution in [1.29, 1.82) is 0 Å². The van der Waals surface area contributed by atoms with Gasteiger partial charge in [0.25, 0.3) is 0 Å². The van der Waals surface area contributed by atoms with Gasteiger partial charge in [-0.15, -0.1) is 0 Å². The molecule has 0 radical (unpaired) electrons. The molecule has 1 amide bonds. The average Bonchev–Trinajstić information content (AvgIpc) is 2.70. The van der Waals surface area contributed by atoms with Crippen molar-refractivity contribution in [1.82, 2.24) is 20.0 Å². The van der Waals surface area contributed by atoms with Crippen molar-refractivity contribution in [2.24, 2.45) is 0 Å². The Bertz CT molecular complexity index is 478. The van der Waals surface area contributed by atoms with Crippen LogP contribution in [-0.2, 0) is 11.3 Å². The van der Waals surface area contributed by atoms with E-state index < -0.39 is 4.92 Å². The van der Waals surface area contributed by atoms with Crippen LogP contribution >= 0.6 is 0 Å². The summed E-state index contributed by atoms with van der Waals surface area (Å²) < 4.78 is 1.27. The van der Waals surface area contributed by atoms with Crippen LogP contribution in [0.1, 0.15) is 12.8 Å². The molecule has 1 heterocycles. The van der Waals surface area contributed by atoms with Gasteiger partial charge in [-0.1, -0.05) is 0 Å². The predicted octanol–water partition coefficient (Wildman–Crippen LogP) is 0.0001000. The number of nitro groups is 1. The Labute approximate surface area is 110 Å². The molecule has 1 aromatic heterocycles. The lowest BCUT2D eigenvalue weighted by Gasteiger charge is -2.39. The second-order valence-corrected chi connectivity index (χ2v) is 5.01. The van der Waals surface area contributed by atoms with Gasteiger partial charge in [-0.3, -0.25) is 19.6 Å². The van der Waals surface area contributed by atoms with Gasteiger partial charge < -0.3 is 10.2 Å². The van der Waals surface area contributed by atoms with Gasteiger partial charge in [0, 0.05) is 12.1 Å². The van der Waals surface area contributed by atoms with Crippen molar-refractivity contribution in [3.8, 4) is 0 Å². The van der Waals surface area contributed by atoms with E-state index in [0.29, 0.717) is 6.04 Å². The molecule has 0 atom stereocenters. The summed E-state index contributed by atoms with van der Waals surface area (Å²) in [5.41, 5.74) is -0.107. The first-order chi connectivity index (χ1) is 8.95. The quantitative estimate of drug-likeness (QED) is 0.598. The van der Waals surface area contributed by atoms with Gasteiger partial charge in [0.05, 0.1) is 4.92 Å². The predicted molar refractivity (Wildman–Crippen MR) is 67.5 cm³/mol. The number of aromatic nitrogens is 2. The van der Waals surface area contributed by atoms with Gasteiger partial charge in [-0.2, -0.15) is 5.10 Å². The van der Waals surface area contributed by atoms with Gasteiger partial charge in [0.1, 0.15) is 18.9 Å². The molecule has 1 fully saturated rings. The van der Waals surface area contributed by atoms with Crippen molar-refractivity contribution in [2.75, 3.05) is 14.1 Å². The fourth-order valence-corrected chi connectivity index (χ4v) is 2.08. The van der Waals surface area contributed by atoms with Gasteiger partial charge in [-0.25, -0.2) is 0 Å². The van der Waals surface area contributed by atoms with E-state index in [2.05, 4.69) is 15.3 Å². The summed E-state index contributed by atoms with van der Waals surface area (Å²) in [5.74, 6) is -0.166. The Morgan fingerprint density at radius 3 is 2.84 bits per heavy atom. The standard InChI is InChI=1S/C11H17N5O3/c1-14(2)9-3-8(4-9)13-11(17)7-15-6-10(5-12-15)16(18)19/h5-6,8-9H,3-4,7H2,1-2H3,(H,13,17). The second kappa shape index (κ2) is 5.35. The zero-order valence-electron chi connectivity index (χ0n) is 10.9. The molecule has 8 nitrogen and oxygen atoms in total. The Kier molecular flexibility index (Phi) is 3.79. The number of carbonyl (C=O) groups excluding carboxylic acids is 1. The molecular weight excluding hydrogens is 250 g/mol. The molecule has 1 saturated carbocycles. The van der Waals surface area contributed by atoms with E-state index in [1.54, 1.807) is 0 Å². The number of hydrogen-bond acceptors (Lipinski definition) is 5. The number of rotatable bonds is 5. The van der Waals surface area contributed by atoms with E-state index in [0.717, 1.165) is 19.0 Å². The molecule has 0 aliphatic heterocycles. The van der Waals surface area contributed by atoms with Crippen LogP contribution < -0.4 is 5.32 Å². The summed E-state index contributed by atoms with van der Waals surface area (Å²) in [4.78, 5) is 23.8. The monoisotopic (exact) mass is 267 g/mol. The second-order valence-electron chi connectivity index (χ2n) is 5.01. The number of hydrogen-bond donors (Lipinski definition) is 1. The lowest BCUT2D eigenvalue weighted by Crippen LogP contribution is -2.52. The highest BCUT2D eigenvalue weighted by Crippen LogP contribution is 2.23. The maximum Gasteiger partial charge on any atom is 0.307 e. The third-order valence-electron chi connectivity index (χ3n) is 3.34. The normalized spacial score (nSPS) is 22.1. The lowest BCUT2D eigenvalue weighted by molar-refractivity contribution is -0.385. The molecule has 8 heteroatoms. The maximum absolute atomic E-state index is 11.7. The van der Waals surface area contributed by atoms with E-state index in [4.69, 9.17) is 0 Å². The molecule has 1 N–H and O–H groups in total. The zero-order valence-corrected chi connectivity index (χ0v) is 10.9. The first-order valence-corrected chi connectivity index (χ1v) is 6.08. The maximum atomic E-state index is 11.7. The van der Waals surface area contributed by atoms with Crippen molar-refractivity contribution in [2.45, 2.75) is 31.5 Å². The van der Waals surface area contributed by atoms with E-state index in [1.165, 1.54) is 10.9 Å². The number of carbonyl (C=O) groups is 1. The van der Waals surface area contributed by atoms with Gasteiger partial charge in [-0.05, 0) is 26.9 Å². The molecule has 1 aliphatic rings. The van der Waals surface area contributed by atoms with E-state index in [-0.39, 0.29) is 24.2 Å². The fraction of sp³-hybridized carbons (Fsp3) is 0.636. The highest BCUT2D eigenvalue weighted by molar-refractivity contribution is 5.76. The molecule has 19 heavy (non-hydrogen) atoms. The summed E-state index contributed by atoms with van der Waals surface area (Å²) >= 11 is 0. The number of nitrogens with one attached hydrogen (secondary N) is 1. The Morgan fingerprint density at radius 2 is 2.32 bits per heavy atom. The van der Waals surface area contributed by atoms with Crippen molar-refractivity contribution < 1.29 is 9.72 Å². The minimum absolute atomic E-state index is 0.0109. The summed E-state index contributed by atoms with van der Waals surface area (Å²) in [7, 11) is 4.04. The zero-order chi connectivity index (χ0) is 14.0. The van der Waals surface area contributed by atoms with Crippen LogP contribution in [0.4, 0.5) is 5.69 Å². The number of nitrogens with zero attached hydrogens (tertiary/aromatic N) is 4. The average molecular weight is 267 g/mol. The minimum atomic E-state index is -0.533. The lowest BCUT2D eigenvalue weighted by atomic mass is 9.86. The van der Waals surface area contributed by atoms with Gasteiger partial charge in [0.2, 0.25) is 5.91 Å². The van der Waals surface area contributed by atoms with Crippen LogP contribution in [0.25, 0.3) is 0 Å². The number of amides is 1. The van der Waals surface area contributed by atoms with Crippen LogP contribution in [0.15, 0.2) is 12.4 Å². The summed E-state index contributed by atoms with van der Waals surface area (Å²) in [6.45, 7) is 0.0109.